The number of H-pyrrole nitrogens is 1. The van der Waals surface area contributed by atoms with E-state index in [1.165, 1.54) is 4.90 Å². The average Bonchev–Trinajstić information content (AvgIpc) is 3.33. The molecule has 5 aromatic rings. The van der Waals surface area contributed by atoms with Crippen LogP contribution in [-0.4, -0.2) is 21.9 Å². The number of benzene rings is 4. The van der Waals surface area contributed by atoms with Crippen molar-refractivity contribution in [3.63, 3.8) is 0 Å². The van der Waals surface area contributed by atoms with Gasteiger partial charge in [0, 0.05) is 22.5 Å². The Balaban J connectivity index is 1.38. The highest BCUT2D eigenvalue weighted by molar-refractivity contribution is 7.80. The van der Waals surface area contributed by atoms with Crippen molar-refractivity contribution in [2.75, 3.05) is 4.90 Å². The third-order valence-electron chi connectivity index (χ3n) is 6.81. The zero-order valence-corrected chi connectivity index (χ0v) is 22.9. The fourth-order valence-electron chi connectivity index (χ4n) is 4.95. The fraction of sp³-hybridized carbons (Fsp3) is 0.0294. The number of aromatic amines is 1. The average molecular weight is 556 g/mol. The summed E-state index contributed by atoms with van der Waals surface area (Å²) in [6, 6.07) is 36.4. The molecule has 1 saturated heterocycles. The predicted octanol–water partition coefficient (Wildman–Crippen LogP) is 7.28. The third kappa shape index (κ3) is 5.18. The summed E-state index contributed by atoms with van der Waals surface area (Å²) < 4.78 is 5.88. The molecule has 0 spiro atoms. The molecule has 2 N–H and O–H groups in total. The van der Waals surface area contributed by atoms with Gasteiger partial charge in [0.05, 0.1) is 5.69 Å². The van der Waals surface area contributed by atoms with E-state index in [0.717, 1.165) is 27.9 Å². The van der Waals surface area contributed by atoms with Gasteiger partial charge in [0.15, 0.2) is 5.11 Å². The Kier molecular flexibility index (Phi) is 7.02. The van der Waals surface area contributed by atoms with Crippen LogP contribution in [0.4, 0.5) is 5.69 Å². The molecular formula is C34H25N3O3S. The van der Waals surface area contributed by atoms with Crippen molar-refractivity contribution in [3.8, 4) is 33.8 Å². The van der Waals surface area contributed by atoms with Gasteiger partial charge in [-0.1, -0.05) is 78.9 Å². The molecule has 200 valence electrons. The molecule has 0 saturated carbocycles. The fourth-order valence-corrected chi connectivity index (χ4v) is 5.23. The zero-order chi connectivity index (χ0) is 28.3. The number of rotatable bonds is 6. The number of amides is 2. The number of nitrogens with zero attached hydrogens (tertiary/aromatic N) is 1. The zero-order valence-electron chi connectivity index (χ0n) is 22.1. The second kappa shape index (κ2) is 11.1. The Hall–Kier alpha value is -5.27. The Morgan fingerprint density at radius 2 is 1.24 bits per heavy atom. The summed E-state index contributed by atoms with van der Waals surface area (Å²) in [5.74, 6) is 0.251. The van der Waals surface area contributed by atoms with Crippen molar-refractivity contribution in [1.29, 1.82) is 0 Å². The summed E-state index contributed by atoms with van der Waals surface area (Å²) in [5, 5.41) is 2.70. The lowest BCUT2D eigenvalue weighted by Crippen LogP contribution is -2.54. The third-order valence-corrected chi connectivity index (χ3v) is 7.09. The highest BCUT2D eigenvalue weighted by Gasteiger charge is 2.35. The predicted molar refractivity (Wildman–Crippen MR) is 166 cm³/mol. The second-order valence-electron chi connectivity index (χ2n) is 9.51. The maximum absolute atomic E-state index is 13.8. The van der Waals surface area contributed by atoms with Crippen molar-refractivity contribution in [1.82, 2.24) is 10.3 Å². The summed E-state index contributed by atoms with van der Waals surface area (Å²) in [6.45, 7) is 1.99. The molecule has 4 aromatic carbocycles. The van der Waals surface area contributed by atoms with Crippen LogP contribution in [-0.2, 0) is 9.59 Å². The Bertz CT molecular complexity index is 1780. The van der Waals surface area contributed by atoms with Gasteiger partial charge in [-0.2, -0.15) is 0 Å². The van der Waals surface area contributed by atoms with E-state index in [4.69, 9.17) is 17.0 Å². The van der Waals surface area contributed by atoms with Crippen LogP contribution in [0.2, 0.25) is 0 Å². The number of para-hydroxylation sites is 1. The van der Waals surface area contributed by atoms with Crippen LogP contribution in [0.3, 0.4) is 0 Å². The van der Waals surface area contributed by atoms with E-state index >= 15 is 0 Å². The van der Waals surface area contributed by atoms with E-state index in [-0.39, 0.29) is 10.7 Å². The minimum absolute atomic E-state index is 0.0183. The molecule has 1 aliphatic rings. The van der Waals surface area contributed by atoms with Crippen molar-refractivity contribution in [2.45, 2.75) is 6.92 Å². The Morgan fingerprint density at radius 1 is 0.707 bits per heavy atom. The van der Waals surface area contributed by atoms with E-state index in [1.807, 2.05) is 97.9 Å². The number of carbonyl (C=O) groups is 2. The lowest BCUT2D eigenvalue weighted by molar-refractivity contribution is -0.122. The van der Waals surface area contributed by atoms with Gasteiger partial charge in [-0.15, -0.1) is 0 Å². The molecule has 1 aliphatic heterocycles. The lowest BCUT2D eigenvalue weighted by atomic mass is 9.94. The van der Waals surface area contributed by atoms with Crippen LogP contribution >= 0.6 is 12.2 Å². The van der Waals surface area contributed by atoms with Crippen LogP contribution in [0.5, 0.6) is 11.5 Å². The maximum Gasteiger partial charge on any atom is 0.270 e. The second-order valence-corrected chi connectivity index (χ2v) is 9.90. The standard InChI is InChI=1S/C34H25N3O3S/c1-22-30(23-11-5-2-6-12-23)31(24-13-7-3-8-14-24)29(35-22)21-28-32(38)36-34(41)37(33(28)39)25-17-19-27(20-18-25)40-26-15-9-4-10-16-26/h2-21,35H,1H3,(H,36,38,41). The highest BCUT2D eigenvalue weighted by atomic mass is 32.1. The number of hydrogen-bond acceptors (Lipinski definition) is 4. The molecule has 0 bridgehead atoms. The van der Waals surface area contributed by atoms with Gasteiger partial charge in [-0.25, -0.2) is 0 Å². The molecule has 2 heterocycles. The summed E-state index contributed by atoms with van der Waals surface area (Å²) in [4.78, 5) is 31.7. The summed E-state index contributed by atoms with van der Waals surface area (Å²) in [5.41, 5.74) is 5.98. The molecule has 1 aromatic heterocycles. The van der Waals surface area contributed by atoms with Gasteiger partial charge < -0.3 is 9.72 Å². The first-order valence-corrected chi connectivity index (χ1v) is 13.5. The van der Waals surface area contributed by atoms with Crippen LogP contribution in [0.25, 0.3) is 28.3 Å². The normalized spacial score (nSPS) is 14.3. The molecule has 6 rings (SSSR count). The van der Waals surface area contributed by atoms with E-state index in [9.17, 15) is 9.59 Å². The smallest absolute Gasteiger partial charge is 0.270 e. The topological polar surface area (TPSA) is 74.4 Å². The van der Waals surface area contributed by atoms with Gasteiger partial charge in [0.25, 0.3) is 11.8 Å². The van der Waals surface area contributed by atoms with Crippen LogP contribution in [0.1, 0.15) is 11.4 Å². The number of thiocarbonyl (C=S) groups is 1. The van der Waals surface area contributed by atoms with Crippen molar-refractivity contribution < 1.29 is 14.3 Å². The van der Waals surface area contributed by atoms with E-state index in [0.29, 0.717) is 22.9 Å². The quantitative estimate of drug-likeness (QED) is 0.131. The molecule has 0 aliphatic carbocycles. The molecule has 0 radical (unpaired) electrons. The number of aryl methyl sites for hydroxylation is 1. The minimum Gasteiger partial charge on any atom is -0.457 e. The lowest BCUT2D eigenvalue weighted by Gasteiger charge is -2.29. The van der Waals surface area contributed by atoms with Crippen LogP contribution in [0, 0.1) is 6.92 Å². The largest absolute Gasteiger partial charge is 0.457 e. The van der Waals surface area contributed by atoms with Crippen LogP contribution < -0.4 is 15.0 Å². The SMILES string of the molecule is Cc1[nH]c(C=C2C(=O)NC(=S)N(c3ccc(Oc4ccccc4)cc3)C2=O)c(-c2ccccc2)c1-c1ccccc1. The van der Waals surface area contributed by atoms with E-state index < -0.39 is 11.8 Å². The Morgan fingerprint density at radius 3 is 1.85 bits per heavy atom. The van der Waals surface area contributed by atoms with E-state index in [2.05, 4.69) is 10.3 Å². The van der Waals surface area contributed by atoms with Crippen molar-refractivity contribution >= 4 is 40.9 Å². The molecule has 7 heteroatoms. The van der Waals surface area contributed by atoms with Gasteiger partial charge in [-0.3, -0.25) is 19.8 Å². The number of ether oxygens (including phenoxy) is 1. The van der Waals surface area contributed by atoms with Gasteiger partial charge in [0.2, 0.25) is 0 Å². The van der Waals surface area contributed by atoms with Crippen molar-refractivity contribution in [2.24, 2.45) is 0 Å². The first kappa shape index (κ1) is 26.0. The molecule has 1 fully saturated rings. The number of anilines is 1. The maximum atomic E-state index is 13.8. The van der Waals surface area contributed by atoms with Crippen LogP contribution in [0.15, 0.2) is 121 Å². The summed E-state index contributed by atoms with van der Waals surface area (Å²) in [6.07, 6.45) is 1.61. The number of hydrogen-bond donors (Lipinski definition) is 2. The first-order chi connectivity index (χ1) is 20.0. The molecular weight excluding hydrogens is 530 g/mol. The van der Waals surface area contributed by atoms with Gasteiger partial charge in [-0.05, 0) is 72.7 Å². The number of carbonyl (C=O) groups excluding carboxylic acids is 2. The summed E-state index contributed by atoms with van der Waals surface area (Å²) >= 11 is 5.42. The number of aromatic nitrogens is 1. The molecule has 2 amide bonds. The molecule has 0 unspecified atom stereocenters. The molecule has 41 heavy (non-hydrogen) atoms. The van der Waals surface area contributed by atoms with E-state index in [1.54, 1.807) is 30.3 Å². The van der Waals surface area contributed by atoms with Crippen molar-refractivity contribution in [3.05, 3.63) is 132 Å². The monoisotopic (exact) mass is 555 g/mol. The number of nitrogens with one attached hydrogen (secondary N) is 2. The summed E-state index contributed by atoms with van der Waals surface area (Å²) in [7, 11) is 0. The highest BCUT2D eigenvalue weighted by Crippen LogP contribution is 2.39. The Labute approximate surface area is 242 Å². The van der Waals surface area contributed by atoms with Gasteiger partial charge in [0.1, 0.15) is 17.1 Å². The first-order valence-electron chi connectivity index (χ1n) is 13.1. The minimum atomic E-state index is -0.548. The van der Waals surface area contributed by atoms with Gasteiger partial charge >= 0.3 is 0 Å². The molecule has 0 atom stereocenters. The molecule has 6 nitrogen and oxygen atoms in total.